The van der Waals surface area contributed by atoms with E-state index in [2.05, 4.69) is 4.98 Å². The van der Waals surface area contributed by atoms with E-state index in [0.29, 0.717) is 0 Å². The van der Waals surface area contributed by atoms with Crippen LogP contribution in [0.3, 0.4) is 0 Å². The van der Waals surface area contributed by atoms with Crippen LogP contribution in [0.5, 0.6) is 5.75 Å². The SMILES string of the molecule is CCc1cc(F)c(OC)cn1. The van der Waals surface area contributed by atoms with Crippen LogP contribution in [0.2, 0.25) is 0 Å². The van der Waals surface area contributed by atoms with E-state index in [4.69, 9.17) is 4.74 Å². The lowest BCUT2D eigenvalue weighted by atomic mass is 10.3. The van der Waals surface area contributed by atoms with Crippen LogP contribution in [0.25, 0.3) is 0 Å². The van der Waals surface area contributed by atoms with Gasteiger partial charge in [0, 0.05) is 5.69 Å². The normalized spacial score (nSPS) is 9.73. The molecule has 1 heterocycles. The molecule has 0 unspecified atom stereocenters. The zero-order valence-corrected chi connectivity index (χ0v) is 6.60. The molecular weight excluding hydrogens is 145 g/mol. The summed E-state index contributed by atoms with van der Waals surface area (Å²) in [4.78, 5) is 3.96. The van der Waals surface area contributed by atoms with Crippen LogP contribution >= 0.6 is 0 Å². The second-order valence-corrected chi connectivity index (χ2v) is 2.16. The van der Waals surface area contributed by atoms with E-state index in [-0.39, 0.29) is 11.6 Å². The largest absolute Gasteiger partial charge is 0.492 e. The van der Waals surface area contributed by atoms with Crippen molar-refractivity contribution in [2.45, 2.75) is 13.3 Å². The average Bonchev–Trinajstić information content (AvgIpc) is 2.04. The lowest BCUT2D eigenvalue weighted by molar-refractivity contribution is 0.383. The lowest BCUT2D eigenvalue weighted by Gasteiger charge is -2.01. The molecule has 0 saturated carbocycles. The molecule has 1 aromatic heterocycles. The molecule has 0 saturated heterocycles. The van der Waals surface area contributed by atoms with Crippen LogP contribution in [0.15, 0.2) is 12.3 Å². The number of halogens is 1. The molecule has 1 rings (SSSR count). The Kier molecular flexibility index (Phi) is 2.41. The van der Waals surface area contributed by atoms with E-state index >= 15 is 0 Å². The molecular formula is C8H10FNO. The maximum atomic E-state index is 12.9. The van der Waals surface area contributed by atoms with Crippen molar-refractivity contribution in [3.8, 4) is 5.75 Å². The number of rotatable bonds is 2. The molecule has 0 aliphatic carbocycles. The third-order valence-electron chi connectivity index (χ3n) is 1.46. The molecule has 0 bridgehead atoms. The molecule has 3 heteroatoms. The van der Waals surface area contributed by atoms with Crippen LogP contribution in [0, 0.1) is 5.82 Å². The molecule has 60 valence electrons. The minimum atomic E-state index is -0.348. The Hall–Kier alpha value is -1.12. The van der Waals surface area contributed by atoms with E-state index in [1.165, 1.54) is 19.4 Å². The van der Waals surface area contributed by atoms with Gasteiger partial charge in [-0.1, -0.05) is 6.92 Å². The first-order chi connectivity index (χ1) is 5.27. The first-order valence-corrected chi connectivity index (χ1v) is 3.46. The number of ether oxygens (including phenoxy) is 1. The third kappa shape index (κ3) is 1.67. The third-order valence-corrected chi connectivity index (χ3v) is 1.46. The Morgan fingerprint density at radius 2 is 2.36 bits per heavy atom. The summed E-state index contributed by atoms with van der Waals surface area (Å²) in [6, 6.07) is 1.39. The standard InChI is InChI=1S/C8H10FNO/c1-3-6-4-7(9)8(11-2)5-10-6/h4-5H,3H2,1-2H3. The van der Waals surface area contributed by atoms with E-state index < -0.39 is 0 Å². The number of hydrogen-bond acceptors (Lipinski definition) is 2. The molecule has 0 N–H and O–H groups in total. The monoisotopic (exact) mass is 155 g/mol. The molecule has 0 atom stereocenters. The molecule has 0 fully saturated rings. The van der Waals surface area contributed by atoms with Crippen molar-refractivity contribution < 1.29 is 9.13 Å². The topological polar surface area (TPSA) is 22.1 Å². The van der Waals surface area contributed by atoms with Gasteiger partial charge < -0.3 is 4.74 Å². The van der Waals surface area contributed by atoms with Crippen molar-refractivity contribution in [2.75, 3.05) is 7.11 Å². The van der Waals surface area contributed by atoms with E-state index in [1.807, 2.05) is 6.92 Å². The Morgan fingerprint density at radius 3 is 2.82 bits per heavy atom. The van der Waals surface area contributed by atoms with Crippen molar-refractivity contribution >= 4 is 0 Å². The Bertz CT molecular complexity index is 250. The van der Waals surface area contributed by atoms with Crippen molar-refractivity contribution in [1.29, 1.82) is 0 Å². The number of hydrogen-bond donors (Lipinski definition) is 0. The number of nitrogens with zero attached hydrogens (tertiary/aromatic N) is 1. The van der Waals surface area contributed by atoms with Crippen molar-refractivity contribution in [3.05, 3.63) is 23.8 Å². The molecule has 0 aliphatic heterocycles. The lowest BCUT2D eigenvalue weighted by Crippen LogP contribution is -1.93. The van der Waals surface area contributed by atoms with Gasteiger partial charge in [0.2, 0.25) is 0 Å². The van der Waals surface area contributed by atoms with Crippen LogP contribution in [0.4, 0.5) is 4.39 Å². The fraction of sp³-hybridized carbons (Fsp3) is 0.375. The van der Waals surface area contributed by atoms with Crippen molar-refractivity contribution in [3.63, 3.8) is 0 Å². The first kappa shape index (κ1) is 7.98. The number of pyridine rings is 1. The van der Waals surface area contributed by atoms with Gasteiger partial charge in [-0.05, 0) is 12.5 Å². The minimum absolute atomic E-state index is 0.196. The van der Waals surface area contributed by atoms with Gasteiger partial charge in [-0.15, -0.1) is 0 Å². The number of aromatic nitrogens is 1. The van der Waals surface area contributed by atoms with Crippen LogP contribution in [0.1, 0.15) is 12.6 Å². The van der Waals surface area contributed by atoms with Crippen molar-refractivity contribution in [2.24, 2.45) is 0 Å². The molecule has 0 aromatic carbocycles. The molecule has 0 radical (unpaired) electrons. The quantitative estimate of drug-likeness (QED) is 0.649. The van der Waals surface area contributed by atoms with Gasteiger partial charge in [0.15, 0.2) is 11.6 Å². The maximum Gasteiger partial charge on any atom is 0.172 e. The summed E-state index contributed by atoms with van der Waals surface area (Å²) in [5.74, 6) is -0.151. The van der Waals surface area contributed by atoms with Crippen molar-refractivity contribution in [1.82, 2.24) is 4.98 Å². The summed E-state index contributed by atoms with van der Waals surface area (Å²) in [6.07, 6.45) is 2.13. The Labute approximate surface area is 65.0 Å². The van der Waals surface area contributed by atoms with Gasteiger partial charge in [0.1, 0.15) is 0 Å². The molecule has 2 nitrogen and oxygen atoms in total. The summed E-state index contributed by atoms with van der Waals surface area (Å²) >= 11 is 0. The molecule has 1 aromatic rings. The van der Waals surface area contributed by atoms with Crippen LogP contribution in [-0.2, 0) is 6.42 Å². The highest BCUT2D eigenvalue weighted by Crippen LogP contribution is 2.14. The summed E-state index contributed by atoms with van der Waals surface area (Å²) < 4.78 is 17.6. The molecule has 0 amide bonds. The predicted molar refractivity (Wildman–Crippen MR) is 40.1 cm³/mol. The minimum Gasteiger partial charge on any atom is -0.492 e. The van der Waals surface area contributed by atoms with E-state index in [0.717, 1.165) is 12.1 Å². The summed E-state index contributed by atoms with van der Waals surface area (Å²) in [5.41, 5.74) is 0.739. The second-order valence-electron chi connectivity index (χ2n) is 2.16. The van der Waals surface area contributed by atoms with Gasteiger partial charge in [-0.25, -0.2) is 4.39 Å². The summed E-state index contributed by atoms with van der Waals surface area (Å²) in [6.45, 7) is 1.92. The maximum absolute atomic E-state index is 12.9. The van der Waals surface area contributed by atoms with Gasteiger partial charge in [-0.2, -0.15) is 0 Å². The molecule has 0 spiro atoms. The smallest absolute Gasteiger partial charge is 0.172 e. The average molecular weight is 155 g/mol. The highest BCUT2D eigenvalue weighted by Gasteiger charge is 2.02. The Balaban J connectivity index is 2.99. The molecule has 0 aliphatic rings. The van der Waals surface area contributed by atoms with E-state index in [1.54, 1.807) is 0 Å². The second kappa shape index (κ2) is 3.32. The zero-order valence-electron chi connectivity index (χ0n) is 6.60. The van der Waals surface area contributed by atoms with Gasteiger partial charge in [0.25, 0.3) is 0 Å². The Morgan fingerprint density at radius 1 is 1.64 bits per heavy atom. The fourth-order valence-corrected chi connectivity index (χ4v) is 0.801. The summed E-state index contributed by atoms with van der Waals surface area (Å²) in [5, 5.41) is 0. The van der Waals surface area contributed by atoms with Gasteiger partial charge >= 0.3 is 0 Å². The predicted octanol–water partition coefficient (Wildman–Crippen LogP) is 1.79. The van der Waals surface area contributed by atoms with Crippen LogP contribution in [-0.4, -0.2) is 12.1 Å². The fourth-order valence-electron chi connectivity index (χ4n) is 0.801. The van der Waals surface area contributed by atoms with Gasteiger partial charge in [-0.3, -0.25) is 4.98 Å². The molecule has 11 heavy (non-hydrogen) atoms. The van der Waals surface area contributed by atoms with Crippen LogP contribution < -0.4 is 4.74 Å². The highest BCUT2D eigenvalue weighted by molar-refractivity contribution is 5.22. The number of methoxy groups -OCH3 is 1. The first-order valence-electron chi connectivity index (χ1n) is 3.46. The zero-order chi connectivity index (χ0) is 8.27. The highest BCUT2D eigenvalue weighted by atomic mass is 19.1. The summed E-state index contributed by atoms with van der Waals surface area (Å²) in [7, 11) is 1.42. The van der Waals surface area contributed by atoms with E-state index in [9.17, 15) is 4.39 Å². The number of aryl methyl sites for hydroxylation is 1. The van der Waals surface area contributed by atoms with Gasteiger partial charge in [0.05, 0.1) is 13.3 Å².